The average molecular weight is 493 g/mol. The second kappa shape index (κ2) is 9.94. The molecule has 1 N–H and O–H groups in total. The van der Waals surface area contributed by atoms with Crippen molar-refractivity contribution in [3.8, 4) is 0 Å². The minimum absolute atomic E-state index is 0.648. The topological polar surface area (TPSA) is 38.0 Å². The number of rotatable bonds is 9. The summed E-state index contributed by atoms with van der Waals surface area (Å²) < 4.78 is 1.94. The van der Waals surface area contributed by atoms with E-state index in [1.165, 1.54) is 11.1 Å². The molecule has 4 aromatic rings. The van der Waals surface area contributed by atoms with Gasteiger partial charge in [-0.15, -0.1) is 0 Å². The summed E-state index contributed by atoms with van der Waals surface area (Å²) in [6.07, 6.45) is 5.47. The number of aliphatic hydroxyl groups is 1. The number of aliphatic hydroxyl groups excluding tert-OH is 1. The van der Waals surface area contributed by atoms with E-state index in [-0.39, 0.29) is 0 Å². The van der Waals surface area contributed by atoms with Crippen LogP contribution in [0.25, 0.3) is 17.2 Å². The van der Waals surface area contributed by atoms with Gasteiger partial charge in [0.05, 0.1) is 0 Å². The van der Waals surface area contributed by atoms with Crippen molar-refractivity contribution in [3.63, 3.8) is 0 Å². The summed E-state index contributed by atoms with van der Waals surface area (Å²) >= 11 is 3.50. The molecule has 0 fully saturated rings. The van der Waals surface area contributed by atoms with Crippen LogP contribution in [0.4, 0.5) is 0 Å². The molecule has 0 bridgehead atoms. The Balaban J connectivity index is 1.67. The van der Waals surface area contributed by atoms with E-state index in [4.69, 9.17) is 4.98 Å². The number of hydrogen-bond donors (Lipinski definition) is 1. The summed E-state index contributed by atoms with van der Waals surface area (Å²) in [6.45, 7) is 3.98. The predicted octanol–water partition coefficient (Wildman–Crippen LogP) is 5.71. The van der Waals surface area contributed by atoms with Crippen molar-refractivity contribution in [2.24, 2.45) is 0 Å². The van der Waals surface area contributed by atoms with E-state index in [2.05, 4.69) is 70.2 Å². The molecule has 5 heteroatoms. The van der Waals surface area contributed by atoms with Gasteiger partial charge in [-0.3, -0.25) is 0 Å². The van der Waals surface area contributed by atoms with Crippen molar-refractivity contribution in [2.75, 3.05) is 12.3 Å². The molecule has 0 spiro atoms. The normalized spacial score (nSPS) is 12.7. The molecule has 0 radical (unpaired) electrons. The van der Waals surface area contributed by atoms with Crippen LogP contribution in [0.3, 0.4) is 0 Å². The summed E-state index contributed by atoms with van der Waals surface area (Å²) in [7, 11) is 0. The number of hydrogen-bond acceptors (Lipinski definition) is 2. The second-order valence-corrected chi connectivity index (χ2v) is 15.6. The van der Waals surface area contributed by atoms with Crippen LogP contribution in [-0.4, -0.2) is 42.1 Å². The van der Waals surface area contributed by atoms with Gasteiger partial charge >= 0.3 is 192 Å². The van der Waals surface area contributed by atoms with Crippen molar-refractivity contribution in [1.82, 2.24) is 9.55 Å². The first-order valence-electron chi connectivity index (χ1n) is 10.5. The molecule has 3 aromatic carbocycles. The quantitative estimate of drug-likeness (QED) is 0.240. The molecule has 1 aromatic heterocycles. The fraction of sp³-hybridized carbons (Fsp3) is 0.192. The number of nitrogens with zero attached hydrogens (tertiary/aromatic N) is 2. The number of para-hydroxylation sites is 2. The van der Waals surface area contributed by atoms with E-state index in [0.717, 1.165) is 36.2 Å². The predicted molar refractivity (Wildman–Crippen MR) is 134 cm³/mol. The number of aryl methyl sites for hydroxylation is 2. The van der Waals surface area contributed by atoms with Gasteiger partial charge in [0.2, 0.25) is 0 Å². The zero-order chi connectivity index (χ0) is 21.7. The molecule has 0 aliphatic rings. The molecule has 0 saturated heterocycles. The Bertz CT molecular complexity index is 1160. The molecule has 31 heavy (non-hydrogen) atoms. The maximum absolute atomic E-state index is 11.7. The standard InChI is InChI=1S/C26H27N2OPSe/c1-2-28-24-16-10-9-15-23(24)27-25(28)26(29)30(31,19-17-21-11-5-3-6-12-21)20-18-22-13-7-4-8-14-22/h2-16,26,29H,1,17-20H2. The Morgan fingerprint density at radius 2 is 1.39 bits per heavy atom. The van der Waals surface area contributed by atoms with E-state index in [1.54, 1.807) is 6.20 Å². The zero-order valence-electron chi connectivity index (χ0n) is 17.5. The zero-order valence-corrected chi connectivity index (χ0v) is 20.1. The summed E-state index contributed by atoms with van der Waals surface area (Å²) in [5.41, 5.74) is 2.55. The monoisotopic (exact) mass is 494 g/mol. The Labute approximate surface area is 191 Å². The summed E-state index contributed by atoms with van der Waals surface area (Å²) in [5.74, 6) is 0.0368. The molecule has 4 rings (SSSR count). The number of benzene rings is 3. The van der Waals surface area contributed by atoms with Crippen LogP contribution in [0.5, 0.6) is 0 Å². The van der Waals surface area contributed by atoms with Gasteiger partial charge in [-0.05, 0) is 0 Å². The van der Waals surface area contributed by atoms with Gasteiger partial charge in [0, 0.05) is 0 Å². The molecule has 1 atom stereocenters. The summed E-state index contributed by atoms with van der Waals surface area (Å²) in [4.78, 5) is 4.81. The fourth-order valence-electron chi connectivity index (χ4n) is 3.93. The third-order valence-corrected chi connectivity index (χ3v) is 12.4. The van der Waals surface area contributed by atoms with Gasteiger partial charge in [0.25, 0.3) is 0 Å². The Hall–Kier alpha value is -2.22. The average Bonchev–Trinajstić information content (AvgIpc) is 3.21. The van der Waals surface area contributed by atoms with Crippen LogP contribution < -0.4 is 0 Å². The van der Waals surface area contributed by atoms with Gasteiger partial charge < -0.3 is 0 Å². The van der Waals surface area contributed by atoms with E-state index >= 15 is 0 Å². The van der Waals surface area contributed by atoms with Crippen molar-refractivity contribution >= 4 is 37.8 Å². The van der Waals surface area contributed by atoms with Crippen molar-refractivity contribution in [3.05, 3.63) is 108 Å². The minimum atomic E-state index is -1.91. The SMILES string of the molecule is C=Cn1c(C(O)P(=[Se])(CCc2ccccc2)CCc2ccccc2)nc2ccccc21. The molecule has 0 aliphatic carbocycles. The molecule has 0 amide bonds. The molecule has 0 saturated carbocycles. The first-order valence-corrected chi connectivity index (χ1v) is 15.0. The van der Waals surface area contributed by atoms with E-state index in [0.29, 0.717) is 5.82 Å². The molecule has 0 aliphatic heterocycles. The van der Waals surface area contributed by atoms with Crippen molar-refractivity contribution < 1.29 is 5.11 Å². The molecule has 158 valence electrons. The number of fused-ring (bicyclic) bond motifs is 1. The first-order chi connectivity index (χ1) is 15.1. The van der Waals surface area contributed by atoms with Crippen LogP contribution >= 0.6 is 5.51 Å². The molecule has 3 nitrogen and oxygen atoms in total. The Morgan fingerprint density at radius 1 is 0.871 bits per heavy atom. The van der Waals surface area contributed by atoms with E-state index in [1.807, 2.05) is 41.0 Å². The molecule has 1 unspecified atom stereocenters. The van der Waals surface area contributed by atoms with Gasteiger partial charge in [0.15, 0.2) is 0 Å². The fourth-order valence-corrected chi connectivity index (χ4v) is 8.26. The second-order valence-electron chi connectivity index (χ2n) is 7.76. The molecular weight excluding hydrogens is 466 g/mol. The summed E-state index contributed by atoms with van der Waals surface area (Å²) in [5, 5.41) is 11.7. The van der Waals surface area contributed by atoms with Crippen molar-refractivity contribution in [1.29, 1.82) is 0 Å². The van der Waals surface area contributed by atoms with Gasteiger partial charge in [-0.2, -0.15) is 0 Å². The number of imidazole rings is 1. The Kier molecular flexibility index (Phi) is 7.05. The third kappa shape index (κ3) is 5.00. The van der Waals surface area contributed by atoms with Gasteiger partial charge in [0.1, 0.15) is 0 Å². The van der Waals surface area contributed by atoms with Crippen LogP contribution in [0, 0.1) is 0 Å². The molecule has 1 heterocycles. The van der Waals surface area contributed by atoms with E-state index < -0.39 is 11.4 Å². The van der Waals surface area contributed by atoms with Gasteiger partial charge in [-0.25, -0.2) is 0 Å². The maximum atomic E-state index is 11.7. The Morgan fingerprint density at radius 3 is 1.94 bits per heavy atom. The van der Waals surface area contributed by atoms with Gasteiger partial charge in [-0.1, -0.05) is 0 Å². The first kappa shape index (κ1) is 22.0. The van der Waals surface area contributed by atoms with Crippen LogP contribution in [0.1, 0.15) is 22.8 Å². The van der Waals surface area contributed by atoms with Crippen LogP contribution in [0.2, 0.25) is 0 Å². The van der Waals surface area contributed by atoms with Crippen LogP contribution in [0.15, 0.2) is 91.5 Å². The third-order valence-electron chi connectivity index (χ3n) is 5.73. The molecular formula is C26H27N2OPSe. The van der Waals surface area contributed by atoms with E-state index in [9.17, 15) is 5.11 Å². The number of aromatic nitrogens is 2. The van der Waals surface area contributed by atoms with Crippen LogP contribution in [-0.2, 0) is 12.8 Å². The van der Waals surface area contributed by atoms with Crippen molar-refractivity contribution in [2.45, 2.75) is 18.7 Å². The summed E-state index contributed by atoms with van der Waals surface area (Å²) in [6, 6.07) is 29.0.